The van der Waals surface area contributed by atoms with Crippen LogP contribution in [0, 0.1) is 13.8 Å². The maximum atomic E-state index is 12.0. The summed E-state index contributed by atoms with van der Waals surface area (Å²) in [6.45, 7) is 5.49. The number of hydrogen-bond acceptors (Lipinski definition) is 4. The molecule has 0 aliphatic heterocycles. The Morgan fingerprint density at radius 2 is 1.59 bits per heavy atom. The van der Waals surface area contributed by atoms with Crippen molar-refractivity contribution in [2.45, 2.75) is 27.2 Å². The van der Waals surface area contributed by atoms with Crippen molar-refractivity contribution in [3.05, 3.63) is 59.2 Å². The molecule has 0 bridgehead atoms. The molecule has 0 atom stereocenters. The number of rotatable bonds is 6. The average Bonchev–Trinajstić information content (AvgIpc) is 2.67. The van der Waals surface area contributed by atoms with Crippen LogP contribution in [0.3, 0.4) is 0 Å². The van der Waals surface area contributed by atoms with E-state index in [1.807, 2.05) is 26.0 Å². The molecule has 3 amide bonds. The first kappa shape index (κ1) is 20.0. The molecule has 0 unspecified atom stereocenters. The summed E-state index contributed by atoms with van der Waals surface area (Å²) in [6.07, 6.45) is 0.374. The molecule has 7 nitrogen and oxygen atoms in total. The van der Waals surface area contributed by atoms with Gasteiger partial charge in [0.25, 0.3) is 11.8 Å². The van der Waals surface area contributed by atoms with E-state index in [0.717, 1.165) is 11.1 Å². The minimum atomic E-state index is -0.478. The molecule has 2 rings (SSSR count). The van der Waals surface area contributed by atoms with E-state index in [9.17, 15) is 14.4 Å². The van der Waals surface area contributed by atoms with Crippen LogP contribution < -0.4 is 20.9 Å². The van der Waals surface area contributed by atoms with Crippen LogP contribution in [-0.4, -0.2) is 24.3 Å². The Bertz CT molecular complexity index is 832. The molecule has 142 valence electrons. The lowest BCUT2D eigenvalue weighted by Gasteiger charge is -2.10. The Morgan fingerprint density at radius 3 is 2.22 bits per heavy atom. The minimum Gasteiger partial charge on any atom is -0.484 e. The topological polar surface area (TPSA) is 96.5 Å². The first-order valence-corrected chi connectivity index (χ1v) is 8.58. The Hall–Kier alpha value is -3.35. The fourth-order valence-corrected chi connectivity index (χ4v) is 2.14. The molecular weight excluding hydrogens is 346 g/mol. The lowest BCUT2D eigenvalue weighted by molar-refractivity contribution is -0.123. The van der Waals surface area contributed by atoms with Gasteiger partial charge >= 0.3 is 0 Å². The van der Waals surface area contributed by atoms with E-state index in [2.05, 4.69) is 16.2 Å². The van der Waals surface area contributed by atoms with Gasteiger partial charge in [-0.15, -0.1) is 0 Å². The smallest absolute Gasteiger partial charge is 0.276 e. The first-order valence-electron chi connectivity index (χ1n) is 8.58. The zero-order valence-corrected chi connectivity index (χ0v) is 15.6. The third-order valence-corrected chi connectivity index (χ3v) is 3.92. The van der Waals surface area contributed by atoms with Gasteiger partial charge in [0, 0.05) is 17.7 Å². The fraction of sp³-hybridized carbons (Fsp3) is 0.250. The highest BCUT2D eigenvalue weighted by molar-refractivity contribution is 5.96. The van der Waals surface area contributed by atoms with Crippen LogP contribution >= 0.6 is 0 Å². The second kappa shape index (κ2) is 9.38. The van der Waals surface area contributed by atoms with Crippen LogP contribution in [0.2, 0.25) is 0 Å². The molecule has 0 spiro atoms. The van der Waals surface area contributed by atoms with Crippen molar-refractivity contribution in [3.63, 3.8) is 0 Å². The van der Waals surface area contributed by atoms with Crippen LogP contribution in [0.5, 0.6) is 5.75 Å². The van der Waals surface area contributed by atoms with Crippen molar-refractivity contribution in [2.75, 3.05) is 11.9 Å². The molecule has 0 aliphatic rings. The maximum absolute atomic E-state index is 12.0. The summed E-state index contributed by atoms with van der Waals surface area (Å²) in [6, 6.07) is 11.9. The van der Waals surface area contributed by atoms with Gasteiger partial charge in [0.05, 0.1) is 0 Å². The number of ether oxygens (including phenoxy) is 1. The van der Waals surface area contributed by atoms with E-state index in [1.54, 1.807) is 37.3 Å². The summed E-state index contributed by atoms with van der Waals surface area (Å²) in [5.41, 5.74) is 7.78. The molecule has 0 fully saturated rings. The molecular formula is C20H23N3O4. The van der Waals surface area contributed by atoms with Gasteiger partial charge in [-0.05, 0) is 61.4 Å². The summed E-state index contributed by atoms with van der Waals surface area (Å²) < 4.78 is 5.40. The maximum Gasteiger partial charge on any atom is 0.276 e. The zero-order valence-electron chi connectivity index (χ0n) is 15.6. The number of hydrogen-bond donors (Lipinski definition) is 3. The highest BCUT2D eigenvalue weighted by Crippen LogP contribution is 2.16. The summed E-state index contributed by atoms with van der Waals surface area (Å²) >= 11 is 0. The van der Waals surface area contributed by atoms with Crippen molar-refractivity contribution in [1.82, 2.24) is 10.9 Å². The number of hydrazine groups is 1. The van der Waals surface area contributed by atoms with Gasteiger partial charge in [-0.3, -0.25) is 25.2 Å². The number of anilines is 1. The second-order valence-electron chi connectivity index (χ2n) is 6.02. The van der Waals surface area contributed by atoms with Gasteiger partial charge in [-0.25, -0.2) is 0 Å². The highest BCUT2D eigenvalue weighted by Gasteiger charge is 2.09. The van der Waals surface area contributed by atoms with E-state index >= 15 is 0 Å². The van der Waals surface area contributed by atoms with Crippen LogP contribution in [-0.2, 0) is 9.59 Å². The van der Waals surface area contributed by atoms with Gasteiger partial charge in [0.15, 0.2) is 6.61 Å². The van der Waals surface area contributed by atoms with E-state index in [-0.39, 0.29) is 12.5 Å². The Balaban J connectivity index is 1.79. The molecule has 2 aromatic carbocycles. The van der Waals surface area contributed by atoms with Crippen molar-refractivity contribution < 1.29 is 19.1 Å². The fourth-order valence-electron chi connectivity index (χ4n) is 2.14. The van der Waals surface area contributed by atoms with Crippen molar-refractivity contribution in [2.24, 2.45) is 0 Å². The van der Waals surface area contributed by atoms with Gasteiger partial charge in [-0.2, -0.15) is 0 Å². The molecule has 3 N–H and O–H groups in total. The van der Waals surface area contributed by atoms with E-state index in [1.165, 1.54) is 0 Å². The van der Waals surface area contributed by atoms with Gasteiger partial charge in [-0.1, -0.05) is 13.0 Å². The third-order valence-electron chi connectivity index (χ3n) is 3.92. The van der Waals surface area contributed by atoms with Crippen molar-refractivity contribution >= 4 is 23.4 Å². The number of carbonyl (C=O) groups is 3. The Labute approximate surface area is 158 Å². The lowest BCUT2D eigenvalue weighted by Crippen LogP contribution is -2.43. The van der Waals surface area contributed by atoms with E-state index in [0.29, 0.717) is 23.4 Å². The molecule has 0 radical (unpaired) electrons. The van der Waals surface area contributed by atoms with Crippen LogP contribution in [0.4, 0.5) is 5.69 Å². The summed E-state index contributed by atoms with van der Waals surface area (Å²) in [4.78, 5) is 35.2. The number of benzene rings is 2. The van der Waals surface area contributed by atoms with Gasteiger partial charge in [0.1, 0.15) is 5.75 Å². The van der Waals surface area contributed by atoms with Crippen LogP contribution in [0.1, 0.15) is 34.8 Å². The Kier molecular flexibility index (Phi) is 6.93. The van der Waals surface area contributed by atoms with Crippen molar-refractivity contribution in [1.29, 1.82) is 0 Å². The predicted molar refractivity (Wildman–Crippen MR) is 102 cm³/mol. The molecule has 27 heavy (non-hydrogen) atoms. The highest BCUT2D eigenvalue weighted by atomic mass is 16.5. The number of nitrogens with one attached hydrogen (secondary N) is 3. The monoisotopic (exact) mass is 369 g/mol. The lowest BCUT2D eigenvalue weighted by atomic mass is 10.1. The Morgan fingerprint density at radius 1 is 0.889 bits per heavy atom. The number of carbonyl (C=O) groups excluding carboxylic acids is 3. The largest absolute Gasteiger partial charge is 0.484 e. The first-order chi connectivity index (χ1) is 12.9. The van der Waals surface area contributed by atoms with Crippen molar-refractivity contribution in [3.8, 4) is 5.75 Å². The SMILES string of the molecule is CCC(=O)Nc1ccc(C(=O)NNC(=O)COc2ccc(C)c(C)c2)cc1. The molecule has 0 aliphatic carbocycles. The van der Waals surface area contributed by atoms with Crippen LogP contribution in [0.15, 0.2) is 42.5 Å². The molecule has 7 heteroatoms. The quantitative estimate of drug-likeness (QED) is 0.682. The summed E-state index contributed by atoms with van der Waals surface area (Å²) in [5.74, 6) is -0.469. The van der Waals surface area contributed by atoms with E-state index < -0.39 is 11.8 Å². The zero-order chi connectivity index (χ0) is 19.8. The van der Waals surface area contributed by atoms with Gasteiger partial charge in [0.2, 0.25) is 5.91 Å². The summed E-state index contributed by atoms with van der Waals surface area (Å²) in [7, 11) is 0. The third kappa shape index (κ3) is 6.14. The summed E-state index contributed by atoms with van der Waals surface area (Å²) in [5, 5.41) is 2.69. The van der Waals surface area contributed by atoms with Crippen LogP contribution in [0.25, 0.3) is 0 Å². The van der Waals surface area contributed by atoms with Gasteiger partial charge < -0.3 is 10.1 Å². The molecule has 0 saturated heterocycles. The number of amides is 3. The molecule has 2 aromatic rings. The number of aryl methyl sites for hydroxylation is 2. The average molecular weight is 369 g/mol. The normalized spacial score (nSPS) is 10.0. The second-order valence-corrected chi connectivity index (χ2v) is 6.02. The standard InChI is InChI=1S/C20H23N3O4/c1-4-18(24)21-16-8-6-15(7-9-16)20(26)23-22-19(25)12-27-17-10-5-13(2)14(3)11-17/h5-11H,4,12H2,1-3H3,(H,21,24)(H,22,25)(H,23,26). The van der Waals surface area contributed by atoms with E-state index in [4.69, 9.17) is 4.74 Å². The molecule has 0 heterocycles. The molecule has 0 saturated carbocycles. The minimum absolute atomic E-state index is 0.108. The predicted octanol–water partition coefficient (Wildman–Crippen LogP) is 2.49. The molecule has 0 aromatic heterocycles.